The minimum atomic E-state index is -3.85. The highest BCUT2D eigenvalue weighted by Gasteiger charge is 2.17. The Balaban J connectivity index is 2.40. The van der Waals surface area contributed by atoms with Gasteiger partial charge < -0.3 is 0 Å². The van der Waals surface area contributed by atoms with E-state index < -0.39 is 15.8 Å². The number of halogens is 3. The van der Waals surface area contributed by atoms with Crippen LogP contribution in [0.3, 0.4) is 0 Å². The Kier molecular flexibility index (Phi) is 4.22. The van der Waals surface area contributed by atoms with Gasteiger partial charge in [-0.05, 0) is 48.9 Å². The molecule has 0 heterocycles. The van der Waals surface area contributed by atoms with E-state index in [4.69, 9.17) is 23.2 Å². The number of anilines is 1. The third kappa shape index (κ3) is 3.23. The lowest BCUT2D eigenvalue weighted by atomic mass is 10.2. The maximum absolute atomic E-state index is 13.2. The molecule has 0 aliphatic rings. The standard InChI is InChI=1S/C13H10Cl2FNO2S/c1-8-6-10(3-5-12(8)16)20(18,19)17-13-7-9(14)2-4-11(13)15/h2-7,17H,1H3. The molecule has 2 aromatic carbocycles. The molecule has 0 bridgehead atoms. The van der Waals surface area contributed by atoms with Crippen LogP contribution < -0.4 is 4.72 Å². The van der Waals surface area contributed by atoms with E-state index in [1.54, 1.807) is 6.07 Å². The van der Waals surface area contributed by atoms with E-state index in [0.717, 1.165) is 6.07 Å². The van der Waals surface area contributed by atoms with Crippen molar-refractivity contribution in [3.63, 3.8) is 0 Å². The lowest BCUT2D eigenvalue weighted by molar-refractivity contribution is 0.598. The van der Waals surface area contributed by atoms with Gasteiger partial charge >= 0.3 is 0 Å². The number of benzene rings is 2. The maximum Gasteiger partial charge on any atom is 0.261 e. The topological polar surface area (TPSA) is 46.2 Å². The molecule has 0 aliphatic carbocycles. The van der Waals surface area contributed by atoms with E-state index in [2.05, 4.69) is 4.72 Å². The number of rotatable bonds is 3. The van der Waals surface area contributed by atoms with Crippen molar-refractivity contribution in [2.24, 2.45) is 0 Å². The molecule has 0 radical (unpaired) electrons. The van der Waals surface area contributed by atoms with Crippen molar-refractivity contribution in [1.29, 1.82) is 0 Å². The molecule has 0 atom stereocenters. The lowest BCUT2D eigenvalue weighted by Crippen LogP contribution is -2.13. The Morgan fingerprint density at radius 3 is 2.45 bits per heavy atom. The van der Waals surface area contributed by atoms with Crippen LogP contribution in [0.25, 0.3) is 0 Å². The van der Waals surface area contributed by atoms with Crippen LogP contribution >= 0.6 is 23.2 Å². The molecule has 2 rings (SSSR count). The first-order chi connectivity index (χ1) is 9.29. The smallest absolute Gasteiger partial charge is 0.261 e. The van der Waals surface area contributed by atoms with Gasteiger partial charge in [0.05, 0.1) is 15.6 Å². The summed E-state index contributed by atoms with van der Waals surface area (Å²) in [6.45, 7) is 1.49. The summed E-state index contributed by atoms with van der Waals surface area (Å²) in [5.74, 6) is -0.468. The highest BCUT2D eigenvalue weighted by molar-refractivity contribution is 7.92. The van der Waals surface area contributed by atoms with E-state index in [0.29, 0.717) is 5.02 Å². The summed E-state index contributed by atoms with van der Waals surface area (Å²) in [4.78, 5) is -0.0487. The minimum absolute atomic E-state index is 0.0487. The number of hydrogen-bond donors (Lipinski definition) is 1. The SMILES string of the molecule is Cc1cc(S(=O)(=O)Nc2cc(Cl)ccc2Cl)ccc1F. The molecular weight excluding hydrogens is 324 g/mol. The number of sulfonamides is 1. The van der Waals surface area contributed by atoms with Crippen molar-refractivity contribution in [2.75, 3.05) is 4.72 Å². The molecule has 0 aromatic heterocycles. The van der Waals surface area contributed by atoms with Crippen LogP contribution in [0.1, 0.15) is 5.56 Å². The van der Waals surface area contributed by atoms with Crippen molar-refractivity contribution in [2.45, 2.75) is 11.8 Å². The summed E-state index contributed by atoms with van der Waals surface area (Å²) in [5, 5.41) is 0.569. The van der Waals surface area contributed by atoms with Crippen LogP contribution in [0.5, 0.6) is 0 Å². The molecule has 0 saturated heterocycles. The average Bonchev–Trinajstić information content (AvgIpc) is 2.36. The Morgan fingerprint density at radius 2 is 1.80 bits per heavy atom. The molecule has 3 nitrogen and oxygen atoms in total. The molecule has 7 heteroatoms. The summed E-state index contributed by atoms with van der Waals surface area (Å²) >= 11 is 11.7. The molecule has 0 spiro atoms. The summed E-state index contributed by atoms with van der Waals surface area (Å²) in [5.41, 5.74) is 0.409. The van der Waals surface area contributed by atoms with E-state index in [9.17, 15) is 12.8 Å². The zero-order valence-corrected chi connectivity index (χ0v) is 12.7. The second-order valence-electron chi connectivity index (χ2n) is 4.14. The summed E-state index contributed by atoms with van der Waals surface area (Å²) in [7, 11) is -3.85. The fourth-order valence-corrected chi connectivity index (χ4v) is 3.11. The van der Waals surface area contributed by atoms with E-state index >= 15 is 0 Å². The van der Waals surface area contributed by atoms with Crippen LogP contribution in [-0.4, -0.2) is 8.42 Å². The Bertz CT molecular complexity index is 763. The quantitative estimate of drug-likeness (QED) is 0.912. The van der Waals surface area contributed by atoms with Crippen molar-refractivity contribution in [3.05, 3.63) is 57.8 Å². The summed E-state index contributed by atoms with van der Waals surface area (Å²) < 4.78 is 39.9. The van der Waals surface area contributed by atoms with Crippen LogP contribution in [0.4, 0.5) is 10.1 Å². The molecular formula is C13H10Cl2FNO2S. The number of aryl methyl sites for hydroxylation is 1. The second kappa shape index (κ2) is 5.60. The first-order valence-electron chi connectivity index (χ1n) is 5.53. The van der Waals surface area contributed by atoms with Crippen molar-refractivity contribution < 1.29 is 12.8 Å². The normalized spacial score (nSPS) is 11.4. The minimum Gasteiger partial charge on any atom is -0.278 e. The van der Waals surface area contributed by atoms with Gasteiger partial charge in [0, 0.05) is 5.02 Å². The van der Waals surface area contributed by atoms with Gasteiger partial charge in [0.1, 0.15) is 5.82 Å². The molecule has 0 fully saturated rings. The molecule has 2 aromatic rings. The largest absolute Gasteiger partial charge is 0.278 e. The van der Waals surface area contributed by atoms with E-state index in [1.807, 2.05) is 0 Å². The van der Waals surface area contributed by atoms with Crippen molar-refractivity contribution >= 4 is 38.9 Å². The highest BCUT2D eigenvalue weighted by Crippen LogP contribution is 2.28. The molecule has 1 N–H and O–H groups in total. The lowest BCUT2D eigenvalue weighted by Gasteiger charge is -2.10. The van der Waals surface area contributed by atoms with Crippen LogP contribution in [-0.2, 0) is 10.0 Å². The van der Waals surface area contributed by atoms with E-state index in [-0.39, 0.29) is 21.2 Å². The number of hydrogen-bond acceptors (Lipinski definition) is 2. The summed E-state index contributed by atoms with van der Waals surface area (Å²) in [6, 6.07) is 7.96. The van der Waals surface area contributed by atoms with Gasteiger partial charge in [0.2, 0.25) is 0 Å². The van der Waals surface area contributed by atoms with Crippen molar-refractivity contribution in [3.8, 4) is 0 Å². The number of nitrogens with one attached hydrogen (secondary N) is 1. The zero-order chi connectivity index (χ0) is 14.9. The van der Waals surface area contributed by atoms with Crippen LogP contribution in [0.2, 0.25) is 10.0 Å². The van der Waals surface area contributed by atoms with Gasteiger partial charge in [-0.1, -0.05) is 23.2 Å². The van der Waals surface area contributed by atoms with Gasteiger partial charge in [-0.2, -0.15) is 0 Å². The molecule has 106 valence electrons. The fraction of sp³-hybridized carbons (Fsp3) is 0.0769. The van der Waals surface area contributed by atoms with Crippen molar-refractivity contribution in [1.82, 2.24) is 0 Å². The van der Waals surface area contributed by atoms with Gasteiger partial charge in [-0.15, -0.1) is 0 Å². The highest BCUT2D eigenvalue weighted by atomic mass is 35.5. The summed E-state index contributed by atoms with van der Waals surface area (Å²) in [6.07, 6.45) is 0. The monoisotopic (exact) mass is 333 g/mol. The molecule has 0 aliphatic heterocycles. The molecule has 0 amide bonds. The Labute approximate surface area is 126 Å². The zero-order valence-electron chi connectivity index (χ0n) is 10.3. The van der Waals surface area contributed by atoms with Gasteiger partial charge in [-0.25, -0.2) is 12.8 Å². The van der Waals surface area contributed by atoms with Gasteiger partial charge in [0.25, 0.3) is 10.0 Å². The third-order valence-corrected chi connectivity index (χ3v) is 4.54. The van der Waals surface area contributed by atoms with E-state index in [1.165, 1.54) is 31.2 Å². The Hall–Kier alpha value is -1.30. The molecule has 0 unspecified atom stereocenters. The maximum atomic E-state index is 13.2. The van der Waals surface area contributed by atoms with Crippen LogP contribution in [0.15, 0.2) is 41.3 Å². The predicted molar refractivity (Wildman–Crippen MR) is 78.4 cm³/mol. The third-order valence-electron chi connectivity index (χ3n) is 2.61. The first-order valence-corrected chi connectivity index (χ1v) is 7.77. The predicted octanol–water partition coefficient (Wildman–Crippen LogP) is 4.24. The Morgan fingerprint density at radius 1 is 1.10 bits per heavy atom. The molecule has 0 saturated carbocycles. The fourth-order valence-electron chi connectivity index (χ4n) is 1.56. The van der Waals surface area contributed by atoms with Crippen LogP contribution in [0, 0.1) is 12.7 Å². The average molecular weight is 334 g/mol. The van der Waals surface area contributed by atoms with Gasteiger partial charge in [-0.3, -0.25) is 4.72 Å². The second-order valence-corrected chi connectivity index (χ2v) is 6.67. The molecule has 20 heavy (non-hydrogen) atoms. The van der Waals surface area contributed by atoms with Gasteiger partial charge in [0.15, 0.2) is 0 Å². The first kappa shape index (κ1) is 15.1.